The van der Waals surface area contributed by atoms with Crippen molar-refractivity contribution < 1.29 is 0 Å². The van der Waals surface area contributed by atoms with Crippen molar-refractivity contribution >= 4 is 22.7 Å². The summed E-state index contributed by atoms with van der Waals surface area (Å²) in [5, 5.41) is 3.29. The monoisotopic (exact) mass is 286 g/mol. The van der Waals surface area contributed by atoms with E-state index in [-0.39, 0.29) is 0 Å². The van der Waals surface area contributed by atoms with E-state index in [4.69, 9.17) is 5.84 Å². The fraction of sp³-hybridized carbons (Fsp3) is 0.467. The summed E-state index contributed by atoms with van der Waals surface area (Å²) in [6.07, 6.45) is 3.67. The van der Waals surface area contributed by atoms with Gasteiger partial charge in [0, 0.05) is 17.5 Å². The molecule has 1 aromatic heterocycles. The molecule has 2 atom stereocenters. The van der Waals surface area contributed by atoms with Crippen molar-refractivity contribution in [1.29, 1.82) is 0 Å². The zero-order valence-corrected chi connectivity index (χ0v) is 12.5. The number of benzene rings is 1. The van der Waals surface area contributed by atoms with E-state index in [1.54, 1.807) is 0 Å². The van der Waals surface area contributed by atoms with E-state index in [1.807, 2.05) is 24.3 Å². The number of hydrazine groups is 2. The molecule has 6 heteroatoms. The van der Waals surface area contributed by atoms with E-state index >= 15 is 0 Å². The van der Waals surface area contributed by atoms with Gasteiger partial charge in [0.1, 0.15) is 0 Å². The summed E-state index contributed by atoms with van der Waals surface area (Å²) in [4.78, 5) is 8.86. The van der Waals surface area contributed by atoms with Crippen molar-refractivity contribution in [1.82, 2.24) is 15.0 Å². The van der Waals surface area contributed by atoms with Crippen LogP contribution in [0.1, 0.15) is 33.1 Å². The average Bonchev–Trinajstić information content (AvgIpc) is 2.50. The Morgan fingerprint density at radius 1 is 1.14 bits per heavy atom. The molecule has 6 nitrogen and oxygen atoms in total. The highest BCUT2D eigenvalue weighted by Gasteiger charge is 2.25. The Labute approximate surface area is 124 Å². The van der Waals surface area contributed by atoms with Crippen molar-refractivity contribution in [3.63, 3.8) is 0 Å². The second-order valence-corrected chi connectivity index (χ2v) is 5.71. The summed E-state index contributed by atoms with van der Waals surface area (Å²) in [5.74, 6) is 6.71. The summed E-state index contributed by atoms with van der Waals surface area (Å²) in [6, 6.07) is 8.92. The average molecular weight is 286 g/mol. The van der Waals surface area contributed by atoms with Crippen LogP contribution < -0.4 is 16.7 Å². The lowest BCUT2D eigenvalue weighted by Crippen LogP contribution is -2.47. The molecule has 21 heavy (non-hydrogen) atoms. The Kier molecular flexibility index (Phi) is 3.90. The molecule has 2 heterocycles. The van der Waals surface area contributed by atoms with Gasteiger partial charge in [-0.3, -0.25) is 5.43 Å². The van der Waals surface area contributed by atoms with Crippen LogP contribution in [-0.2, 0) is 0 Å². The lowest BCUT2D eigenvalue weighted by atomic mass is 10.00. The van der Waals surface area contributed by atoms with E-state index < -0.39 is 0 Å². The number of hydrogen-bond donors (Lipinski definition) is 3. The highest BCUT2D eigenvalue weighted by molar-refractivity contribution is 5.89. The molecule has 0 spiro atoms. The number of nitrogen functional groups attached to an aromatic ring is 1. The molecule has 0 bridgehead atoms. The first-order valence-electron chi connectivity index (χ1n) is 7.47. The highest BCUT2D eigenvalue weighted by atomic mass is 15.6. The zero-order chi connectivity index (χ0) is 14.8. The zero-order valence-electron chi connectivity index (χ0n) is 12.5. The van der Waals surface area contributed by atoms with Gasteiger partial charge in [-0.2, -0.15) is 4.98 Å². The number of anilines is 2. The van der Waals surface area contributed by atoms with Gasteiger partial charge in [0.05, 0.1) is 5.52 Å². The van der Waals surface area contributed by atoms with Crippen molar-refractivity contribution in [3.05, 3.63) is 24.3 Å². The molecule has 112 valence electrons. The SMILES string of the molecule is CC1CCCC(C)N1Nc1nc(NN)nc2ccccc12. The number of nitrogens with two attached hydrogens (primary N) is 1. The van der Waals surface area contributed by atoms with Crippen molar-refractivity contribution in [2.45, 2.75) is 45.2 Å². The van der Waals surface area contributed by atoms with Crippen LogP contribution in [0, 0.1) is 0 Å². The smallest absolute Gasteiger partial charge is 0.239 e. The molecule has 1 saturated heterocycles. The quantitative estimate of drug-likeness (QED) is 0.594. The van der Waals surface area contributed by atoms with Crippen molar-refractivity contribution in [2.75, 3.05) is 10.9 Å². The maximum Gasteiger partial charge on any atom is 0.239 e. The van der Waals surface area contributed by atoms with Gasteiger partial charge in [0.15, 0.2) is 5.82 Å². The molecule has 1 aliphatic rings. The molecule has 1 fully saturated rings. The molecule has 2 unspecified atom stereocenters. The van der Waals surface area contributed by atoms with Crippen LogP contribution in [0.5, 0.6) is 0 Å². The number of aromatic nitrogens is 2. The minimum Gasteiger partial charge on any atom is -0.302 e. The van der Waals surface area contributed by atoms with E-state index in [9.17, 15) is 0 Å². The van der Waals surface area contributed by atoms with Gasteiger partial charge < -0.3 is 5.43 Å². The number of rotatable bonds is 3. The minimum atomic E-state index is 0.425. The van der Waals surface area contributed by atoms with E-state index in [1.165, 1.54) is 19.3 Å². The third-order valence-corrected chi connectivity index (χ3v) is 4.16. The van der Waals surface area contributed by atoms with Crippen LogP contribution in [-0.4, -0.2) is 27.1 Å². The van der Waals surface area contributed by atoms with Crippen LogP contribution in [0.3, 0.4) is 0 Å². The normalized spacial score (nSPS) is 23.2. The third kappa shape index (κ3) is 2.77. The topological polar surface area (TPSA) is 79.1 Å². The Balaban J connectivity index is 1.98. The predicted molar refractivity (Wildman–Crippen MR) is 85.6 cm³/mol. The molecule has 0 radical (unpaired) electrons. The van der Waals surface area contributed by atoms with Gasteiger partial charge in [-0.05, 0) is 38.8 Å². The fourth-order valence-corrected chi connectivity index (χ4v) is 2.99. The van der Waals surface area contributed by atoms with Crippen LogP contribution in [0.15, 0.2) is 24.3 Å². The van der Waals surface area contributed by atoms with E-state index in [2.05, 4.69) is 39.7 Å². The maximum atomic E-state index is 5.48. The summed E-state index contributed by atoms with van der Waals surface area (Å²) in [5.41, 5.74) is 6.90. The number of hydrogen-bond acceptors (Lipinski definition) is 6. The maximum absolute atomic E-state index is 5.48. The Morgan fingerprint density at radius 2 is 1.86 bits per heavy atom. The van der Waals surface area contributed by atoms with Crippen molar-refractivity contribution in [3.8, 4) is 0 Å². The number of para-hydroxylation sites is 1. The van der Waals surface area contributed by atoms with Crippen LogP contribution in [0.2, 0.25) is 0 Å². The van der Waals surface area contributed by atoms with Crippen molar-refractivity contribution in [2.24, 2.45) is 5.84 Å². The second kappa shape index (κ2) is 5.83. The Bertz CT molecular complexity index is 619. The highest BCUT2D eigenvalue weighted by Crippen LogP contribution is 2.27. The molecule has 3 rings (SSSR count). The second-order valence-electron chi connectivity index (χ2n) is 5.71. The van der Waals surface area contributed by atoms with Gasteiger partial charge in [0.25, 0.3) is 0 Å². The van der Waals surface area contributed by atoms with Gasteiger partial charge in [0.2, 0.25) is 5.95 Å². The Morgan fingerprint density at radius 3 is 2.57 bits per heavy atom. The number of nitrogens with zero attached hydrogens (tertiary/aromatic N) is 3. The first-order valence-corrected chi connectivity index (χ1v) is 7.47. The predicted octanol–water partition coefficient (Wildman–Crippen LogP) is 2.51. The molecule has 0 aliphatic carbocycles. The van der Waals surface area contributed by atoms with Crippen LogP contribution >= 0.6 is 0 Å². The molecule has 1 aliphatic heterocycles. The molecule has 2 aromatic rings. The summed E-state index contributed by atoms with van der Waals surface area (Å²) >= 11 is 0. The molecule has 0 saturated carbocycles. The van der Waals surface area contributed by atoms with Gasteiger partial charge in [-0.25, -0.2) is 15.8 Å². The molecule has 4 N–H and O–H groups in total. The first kappa shape index (κ1) is 14.0. The largest absolute Gasteiger partial charge is 0.302 e. The first-order chi connectivity index (χ1) is 10.2. The lowest BCUT2D eigenvalue weighted by molar-refractivity contribution is 0.135. The number of nitrogens with one attached hydrogen (secondary N) is 2. The molecule has 0 amide bonds. The molecular formula is C15H22N6. The van der Waals surface area contributed by atoms with Gasteiger partial charge >= 0.3 is 0 Å². The van der Waals surface area contributed by atoms with E-state index in [0.717, 1.165) is 16.7 Å². The molecule has 1 aromatic carbocycles. The van der Waals surface area contributed by atoms with Gasteiger partial charge in [-0.15, -0.1) is 0 Å². The molecular weight excluding hydrogens is 264 g/mol. The summed E-state index contributed by atoms with van der Waals surface area (Å²) in [7, 11) is 0. The number of piperidine rings is 1. The number of fused-ring (bicyclic) bond motifs is 1. The van der Waals surface area contributed by atoms with Gasteiger partial charge in [-0.1, -0.05) is 18.6 Å². The van der Waals surface area contributed by atoms with Crippen LogP contribution in [0.25, 0.3) is 10.9 Å². The Hall–Kier alpha value is -1.92. The lowest BCUT2D eigenvalue weighted by Gasteiger charge is -2.39. The fourth-order valence-electron chi connectivity index (χ4n) is 2.99. The summed E-state index contributed by atoms with van der Waals surface area (Å²) < 4.78 is 0. The van der Waals surface area contributed by atoms with Crippen LogP contribution in [0.4, 0.5) is 11.8 Å². The third-order valence-electron chi connectivity index (χ3n) is 4.16. The standard InChI is InChI=1S/C15H22N6/c1-10-6-5-7-11(2)21(10)20-14-12-8-3-4-9-13(12)17-15(18-14)19-16/h3-4,8-11H,5-7,16H2,1-2H3,(H2,17,18,19,20). The minimum absolute atomic E-state index is 0.425. The van der Waals surface area contributed by atoms with E-state index in [0.29, 0.717) is 18.0 Å². The summed E-state index contributed by atoms with van der Waals surface area (Å²) in [6.45, 7) is 4.49.